The van der Waals surface area contributed by atoms with Gasteiger partial charge in [-0.2, -0.15) is 0 Å². The minimum Gasteiger partial charge on any atom is -0.495 e. The van der Waals surface area contributed by atoms with Crippen LogP contribution in [0.2, 0.25) is 0 Å². The Morgan fingerprint density at radius 2 is 1.90 bits per heavy atom. The van der Waals surface area contributed by atoms with Crippen LogP contribution in [0.25, 0.3) is 0 Å². The highest BCUT2D eigenvalue weighted by Crippen LogP contribution is 2.25. The molecule has 21 heavy (non-hydrogen) atoms. The average molecular weight is 292 g/mol. The molecule has 0 spiro atoms. The molecular formula is C15H20N2O4. The normalized spacial score (nSPS) is 15.6. The minimum absolute atomic E-state index is 0.0726. The molecule has 0 radical (unpaired) electrons. The molecule has 1 amide bonds. The van der Waals surface area contributed by atoms with Crippen LogP contribution in [0.1, 0.15) is 23.2 Å². The molecule has 1 saturated heterocycles. The van der Waals surface area contributed by atoms with Crippen LogP contribution >= 0.6 is 0 Å². The molecule has 1 aliphatic heterocycles. The van der Waals surface area contributed by atoms with Crippen molar-refractivity contribution < 1.29 is 19.1 Å². The van der Waals surface area contributed by atoms with E-state index in [4.69, 9.17) is 15.2 Å². The van der Waals surface area contributed by atoms with Crippen molar-refractivity contribution >= 4 is 17.6 Å². The first-order chi connectivity index (χ1) is 10.1. The number of methoxy groups -OCH3 is 2. The zero-order valence-corrected chi connectivity index (χ0v) is 12.3. The zero-order chi connectivity index (χ0) is 15.4. The van der Waals surface area contributed by atoms with Gasteiger partial charge in [0.2, 0.25) is 0 Å². The molecule has 1 aromatic carbocycles. The van der Waals surface area contributed by atoms with Crippen LogP contribution < -0.4 is 10.5 Å². The number of piperidine rings is 1. The Morgan fingerprint density at radius 1 is 1.24 bits per heavy atom. The fraction of sp³-hybridized carbons (Fsp3) is 0.467. The molecule has 0 aliphatic carbocycles. The van der Waals surface area contributed by atoms with Crippen LogP contribution in [0.3, 0.4) is 0 Å². The van der Waals surface area contributed by atoms with Gasteiger partial charge in [0.1, 0.15) is 5.75 Å². The highest BCUT2D eigenvalue weighted by atomic mass is 16.5. The van der Waals surface area contributed by atoms with Gasteiger partial charge in [0.25, 0.3) is 5.91 Å². The summed E-state index contributed by atoms with van der Waals surface area (Å²) >= 11 is 0. The molecule has 6 heteroatoms. The van der Waals surface area contributed by atoms with E-state index in [0.717, 1.165) is 0 Å². The lowest BCUT2D eigenvalue weighted by Gasteiger charge is -2.30. The third-order valence-corrected chi connectivity index (χ3v) is 3.80. The van der Waals surface area contributed by atoms with E-state index < -0.39 is 0 Å². The molecule has 1 fully saturated rings. The first-order valence-corrected chi connectivity index (χ1v) is 6.87. The Balaban J connectivity index is 2.03. The first kappa shape index (κ1) is 15.2. The summed E-state index contributed by atoms with van der Waals surface area (Å²) in [5, 5.41) is 0. The minimum atomic E-state index is -0.198. The molecule has 0 atom stereocenters. The van der Waals surface area contributed by atoms with Crippen molar-refractivity contribution in [3.8, 4) is 5.75 Å². The van der Waals surface area contributed by atoms with Crippen LogP contribution in [0.15, 0.2) is 18.2 Å². The Morgan fingerprint density at radius 3 is 2.48 bits per heavy atom. The van der Waals surface area contributed by atoms with Crippen LogP contribution in [-0.4, -0.2) is 44.1 Å². The highest BCUT2D eigenvalue weighted by Gasteiger charge is 2.28. The molecule has 0 aromatic heterocycles. The van der Waals surface area contributed by atoms with Gasteiger partial charge in [-0.1, -0.05) is 0 Å². The van der Waals surface area contributed by atoms with Crippen molar-refractivity contribution in [2.75, 3.05) is 33.0 Å². The standard InChI is InChI=1S/C15H20N2O4/c1-20-13-9-11(3-4-12(13)16)14(18)17-7-5-10(6-8-17)15(19)21-2/h3-4,9-10H,5-8,16H2,1-2H3. The van der Waals surface area contributed by atoms with Gasteiger partial charge in [-0.05, 0) is 31.0 Å². The van der Waals surface area contributed by atoms with E-state index in [1.54, 1.807) is 23.1 Å². The number of carbonyl (C=O) groups excluding carboxylic acids is 2. The molecule has 1 aromatic rings. The van der Waals surface area contributed by atoms with Gasteiger partial charge in [-0.25, -0.2) is 0 Å². The number of carbonyl (C=O) groups is 2. The van der Waals surface area contributed by atoms with Crippen LogP contribution in [0.4, 0.5) is 5.69 Å². The summed E-state index contributed by atoms with van der Waals surface area (Å²) in [5.41, 5.74) is 6.78. The lowest BCUT2D eigenvalue weighted by Crippen LogP contribution is -2.40. The number of hydrogen-bond donors (Lipinski definition) is 1. The van der Waals surface area contributed by atoms with Gasteiger partial charge >= 0.3 is 5.97 Å². The van der Waals surface area contributed by atoms with E-state index in [1.807, 2.05) is 0 Å². The highest BCUT2D eigenvalue weighted by molar-refractivity contribution is 5.95. The maximum absolute atomic E-state index is 12.4. The summed E-state index contributed by atoms with van der Waals surface area (Å²) in [6.45, 7) is 1.09. The number of hydrogen-bond acceptors (Lipinski definition) is 5. The second-order valence-electron chi connectivity index (χ2n) is 5.05. The van der Waals surface area contributed by atoms with E-state index in [0.29, 0.717) is 42.9 Å². The van der Waals surface area contributed by atoms with E-state index >= 15 is 0 Å². The largest absolute Gasteiger partial charge is 0.495 e. The maximum atomic E-state index is 12.4. The van der Waals surface area contributed by atoms with Crippen molar-refractivity contribution in [3.63, 3.8) is 0 Å². The van der Waals surface area contributed by atoms with Crippen LogP contribution in [-0.2, 0) is 9.53 Å². The van der Waals surface area contributed by atoms with Crippen LogP contribution in [0.5, 0.6) is 5.75 Å². The van der Waals surface area contributed by atoms with E-state index in [2.05, 4.69) is 0 Å². The van der Waals surface area contributed by atoms with Gasteiger partial charge in [0, 0.05) is 18.7 Å². The third-order valence-electron chi connectivity index (χ3n) is 3.80. The topological polar surface area (TPSA) is 81.9 Å². The first-order valence-electron chi connectivity index (χ1n) is 6.87. The SMILES string of the molecule is COC(=O)C1CCN(C(=O)c2ccc(N)c(OC)c2)CC1. The molecule has 6 nitrogen and oxygen atoms in total. The average Bonchev–Trinajstić information content (AvgIpc) is 2.54. The second-order valence-corrected chi connectivity index (χ2v) is 5.05. The molecule has 2 N–H and O–H groups in total. The summed E-state index contributed by atoms with van der Waals surface area (Å²) in [6.07, 6.45) is 1.26. The van der Waals surface area contributed by atoms with Crippen molar-refractivity contribution in [1.82, 2.24) is 4.90 Å². The van der Waals surface area contributed by atoms with E-state index in [-0.39, 0.29) is 17.8 Å². The maximum Gasteiger partial charge on any atom is 0.308 e. The summed E-state index contributed by atoms with van der Waals surface area (Å²) in [6, 6.07) is 4.99. The smallest absolute Gasteiger partial charge is 0.308 e. The van der Waals surface area contributed by atoms with Crippen molar-refractivity contribution in [2.45, 2.75) is 12.8 Å². The fourth-order valence-electron chi connectivity index (χ4n) is 2.51. The summed E-state index contributed by atoms with van der Waals surface area (Å²) in [7, 11) is 2.91. The number of anilines is 1. The van der Waals surface area contributed by atoms with Gasteiger partial charge in [-0.15, -0.1) is 0 Å². The van der Waals surface area contributed by atoms with Crippen molar-refractivity contribution in [3.05, 3.63) is 23.8 Å². The van der Waals surface area contributed by atoms with Crippen molar-refractivity contribution in [1.29, 1.82) is 0 Å². The van der Waals surface area contributed by atoms with Gasteiger partial charge in [0.05, 0.1) is 25.8 Å². The Kier molecular flexibility index (Phi) is 4.67. The third kappa shape index (κ3) is 3.26. The summed E-state index contributed by atoms with van der Waals surface area (Å²) in [5.74, 6) is 0.109. The quantitative estimate of drug-likeness (QED) is 0.671. The molecule has 1 heterocycles. The van der Waals surface area contributed by atoms with Gasteiger partial charge < -0.3 is 20.1 Å². The summed E-state index contributed by atoms with van der Waals surface area (Å²) < 4.78 is 9.87. The molecule has 114 valence electrons. The van der Waals surface area contributed by atoms with E-state index in [1.165, 1.54) is 14.2 Å². The van der Waals surface area contributed by atoms with Crippen LogP contribution in [0, 0.1) is 5.92 Å². The van der Waals surface area contributed by atoms with Crippen molar-refractivity contribution in [2.24, 2.45) is 5.92 Å². The molecule has 2 rings (SSSR count). The number of likely N-dealkylation sites (tertiary alicyclic amines) is 1. The van der Waals surface area contributed by atoms with E-state index in [9.17, 15) is 9.59 Å². The molecule has 0 bridgehead atoms. The lowest BCUT2D eigenvalue weighted by molar-refractivity contribution is -0.146. The molecule has 1 aliphatic rings. The van der Waals surface area contributed by atoms with Gasteiger partial charge in [-0.3, -0.25) is 9.59 Å². The lowest BCUT2D eigenvalue weighted by atomic mass is 9.96. The number of nitrogens with zero attached hydrogens (tertiary/aromatic N) is 1. The number of benzene rings is 1. The number of nitrogen functional groups attached to an aromatic ring is 1. The second kappa shape index (κ2) is 6.47. The predicted octanol–water partition coefficient (Wildman–Crippen LogP) is 1.30. The monoisotopic (exact) mass is 292 g/mol. The number of amides is 1. The Bertz CT molecular complexity index is 536. The number of nitrogens with two attached hydrogens (primary N) is 1. The predicted molar refractivity (Wildman–Crippen MR) is 78.0 cm³/mol. The zero-order valence-electron chi connectivity index (χ0n) is 12.3. The molecule has 0 saturated carbocycles. The Labute approximate surface area is 123 Å². The number of rotatable bonds is 3. The number of esters is 1. The van der Waals surface area contributed by atoms with Gasteiger partial charge in [0.15, 0.2) is 0 Å². The fourth-order valence-corrected chi connectivity index (χ4v) is 2.51. The molecule has 0 unspecified atom stereocenters. The Hall–Kier alpha value is -2.24. The number of ether oxygens (including phenoxy) is 2. The molecular weight excluding hydrogens is 272 g/mol. The summed E-state index contributed by atoms with van der Waals surface area (Å²) in [4.78, 5) is 25.7.